The summed E-state index contributed by atoms with van der Waals surface area (Å²) in [4.78, 5) is 30.6. The molecule has 1 heterocycles. The number of ether oxygens (including phenoxy) is 2. The molecule has 1 aliphatic heterocycles. The lowest BCUT2D eigenvalue weighted by molar-refractivity contribution is -0.132. The number of aliphatic hydroxyl groups excluding tert-OH is 1. The standard InChI is InChI=1S/C33H38N2O5/c1-7-17-39-27-10-8-9-26(19-27)35-30(23-11-14-25(15-12-23)34(5)6)29(32(37)33(35)38)31(36)24-13-16-28(22(4)18-24)40-20-21(2)3/h8-16,18-19,21,30,36H,7,17,20H2,1-6H3/b31-29+. The van der Waals surface area contributed by atoms with Crippen molar-refractivity contribution in [2.45, 2.75) is 40.2 Å². The zero-order valence-corrected chi connectivity index (χ0v) is 24.1. The second-order valence-electron chi connectivity index (χ2n) is 10.7. The van der Waals surface area contributed by atoms with Crippen LogP contribution in [-0.2, 0) is 9.59 Å². The summed E-state index contributed by atoms with van der Waals surface area (Å²) in [5.41, 5.74) is 3.51. The minimum Gasteiger partial charge on any atom is -0.507 e. The van der Waals surface area contributed by atoms with E-state index in [0.29, 0.717) is 47.4 Å². The summed E-state index contributed by atoms with van der Waals surface area (Å²) in [7, 11) is 3.89. The number of Topliss-reactive ketones (excluding diaryl/α,β-unsaturated/α-hetero) is 1. The zero-order chi connectivity index (χ0) is 29.0. The Labute approximate surface area is 236 Å². The van der Waals surface area contributed by atoms with Gasteiger partial charge in [0.05, 0.1) is 24.8 Å². The predicted molar refractivity (Wildman–Crippen MR) is 159 cm³/mol. The van der Waals surface area contributed by atoms with E-state index < -0.39 is 17.7 Å². The number of carbonyl (C=O) groups is 2. The number of hydrogen-bond acceptors (Lipinski definition) is 6. The number of carbonyl (C=O) groups excluding carboxylic acids is 2. The predicted octanol–water partition coefficient (Wildman–Crippen LogP) is 6.51. The first-order chi connectivity index (χ1) is 19.1. The van der Waals surface area contributed by atoms with Crippen LogP contribution in [0.4, 0.5) is 11.4 Å². The summed E-state index contributed by atoms with van der Waals surface area (Å²) in [5, 5.41) is 11.6. The summed E-state index contributed by atoms with van der Waals surface area (Å²) >= 11 is 0. The van der Waals surface area contributed by atoms with E-state index in [9.17, 15) is 14.7 Å². The Bertz CT molecular complexity index is 1410. The molecule has 1 unspecified atom stereocenters. The Kier molecular flexibility index (Phi) is 8.83. The Hall–Kier alpha value is -4.26. The van der Waals surface area contributed by atoms with Crippen molar-refractivity contribution in [1.82, 2.24) is 0 Å². The molecular formula is C33H38N2O5. The van der Waals surface area contributed by atoms with E-state index in [4.69, 9.17) is 9.47 Å². The molecule has 1 saturated heterocycles. The molecule has 0 saturated carbocycles. The van der Waals surface area contributed by atoms with Gasteiger partial charge in [-0.2, -0.15) is 0 Å². The monoisotopic (exact) mass is 542 g/mol. The fourth-order valence-corrected chi connectivity index (χ4v) is 4.68. The van der Waals surface area contributed by atoms with Crippen molar-refractivity contribution in [3.8, 4) is 11.5 Å². The van der Waals surface area contributed by atoms with Crippen LogP contribution in [0.15, 0.2) is 72.3 Å². The number of amides is 1. The van der Waals surface area contributed by atoms with E-state index >= 15 is 0 Å². The van der Waals surface area contributed by atoms with E-state index in [2.05, 4.69) is 13.8 Å². The molecule has 0 aliphatic carbocycles. The zero-order valence-electron chi connectivity index (χ0n) is 24.1. The second-order valence-corrected chi connectivity index (χ2v) is 10.7. The first kappa shape index (κ1) is 28.7. The normalized spacial score (nSPS) is 16.5. The number of aliphatic hydroxyl groups is 1. The highest BCUT2D eigenvalue weighted by Gasteiger charge is 2.47. The molecule has 1 N–H and O–H groups in total. The number of ketones is 1. The number of rotatable bonds is 10. The molecule has 0 radical (unpaired) electrons. The second kappa shape index (κ2) is 12.3. The fourth-order valence-electron chi connectivity index (χ4n) is 4.68. The quantitative estimate of drug-likeness (QED) is 0.179. The molecule has 1 fully saturated rings. The fraction of sp³-hybridized carbons (Fsp3) is 0.333. The highest BCUT2D eigenvalue weighted by molar-refractivity contribution is 6.51. The minimum atomic E-state index is -0.824. The maximum Gasteiger partial charge on any atom is 0.300 e. The summed E-state index contributed by atoms with van der Waals surface area (Å²) in [6.07, 6.45) is 0.841. The highest BCUT2D eigenvalue weighted by Crippen LogP contribution is 2.43. The molecule has 7 nitrogen and oxygen atoms in total. The van der Waals surface area contributed by atoms with Crippen LogP contribution in [0.2, 0.25) is 0 Å². The van der Waals surface area contributed by atoms with Gasteiger partial charge in [0.1, 0.15) is 17.3 Å². The van der Waals surface area contributed by atoms with Gasteiger partial charge in [0.15, 0.2) is 0 Å². The van der Waals surface area contributed by atoms with Gasteiger partial charge in [0.25, 0.3) is 11.7 Å². The van der Waals surface area contributed by atoms with Gasteiger partial charge in [0.2, 0.25) is 0 Å². The van der Waals surface area contributed by atoms with Crippen LogP contribution >= 0.6 is 0 Å². The molecule has 40 heavy (non-hydrogen) atoms. The van der Waals surface area contributed by atoms with Gasteiger partial charge >= 0.3 is 0 Å². The smallest absolute Gasteiger partial charge is 0.300 e. The molecule has 3 aromatic carbocycles. The molecule has 4 rings (SSSR count). The van der Waals surface area contributed by atoms with Crippen LogP contribution in [0.3, 0.4) is 0 Å². The van der Waals surface area contributed by atoms with Crippen LogP contribution < -0.4 is 19.3 Å². The van der Waals surface area contributed by atoms with Gasteiger partial charge in [-0.05, 0) is 72.9 Å². The number of aryl methyl sites for hydroxylation is 1. The molecule has 7 heteroatoms. The van der Waals surface area contributed by atoms with E-state index in [0.717, 1.165) is 17.7 Å². The van der Waals surface area contributed by atoms with Crippen molar-refractivity contribution in [3.63, 3.8) is 0 Å². The van der Waals surface area contributed by atoms with Crippen molar-refractivity contribution >= 4 is 28.8 Å². The third-order valence-corrected chi connectivity index (χ3v) is 6.76. The lowest BCUT2D eigenvalue weighted by Gasteiger charge is -2.26. The maximum atomic E-state index is 13.6. The van der Waals surface area contributed by atoms with Crippen molar-refractivity contribution in [2.75, 3.05) is 37.1 Å². The summed E-state index contributed by atoms with van der Waals surface area (Å²) in [6.45, 7) is 9.17. The van der Waals surface area contributed by atoms with E-state index in [1.165, 1.54) is 4.90 Å². The maximum absolute atomic E-state index is 13.6. The number of anilines is 2. The molecule has 210 valence electrons. The lowest BCUT2D eigenvalue weighted by atomic mass is 9.94. The molecule has 1 aliphatic rings. The first-order valence-electron chi connectivity index (χ1n) is 13.7. The van der Waals surface area contributed by atoms with E-state index in [1.54, 1.807) is 36.4 Å². The molecular weight excluding hydrogens is 504 g/mol. The van der Waals surface area contributed by atoms with E-state index in [-0.39, 0.29) is 11.3 Å². The Morgan fingerprint density at radius 1 is 1.00 bits per heavy atom. The van der Waals surface area contributed by atoms with Crippen molar-refractivity contribution in [1.29, 1.82) is 0 Å². The van der Waals surface area contributed by atoms with Crippen LogP contribution in [0, 0.1) is 12.8 Å². The van der Waals surface area contributed by atoms with Gasteiger partial charge in [-0.3, -0.25) is 14.5 Å². The largest absolute Gasteiger partial charge is 0.507 e. The highest BCUT2D eigenvalue weighted by atomic mass is 16.5. The van der Waals surface area contributed by atoms with Crippen LogP contribution in [0.5, 0.6) is 11.5 Å². The topological polar surface area (TPSA) is 79.3 Å². The molecule has 0 bridgehead atoms. The number of benzene rings is 3. The molecule has 0 aromatic heterocycles. The molecule has 1 atom stereocenters. The number of nitrogens with zero attached hydrogens (tertiary/aromatic N) is 2. The van der Waals surface area contributed by atoms with Crippen molar-refractivity contribution in [3.05, 3.63) is 89.0 Å². The van der Waals surface area contributed by atoms with Crippen molar-refractivity contribution < 1.29 is 24.2 Å². The molecule has 0 spiro atoms. The van der Waals surface area contributed by atoms with E-state index in [1.807, 2.05) is 63.2 Å². The van der Waals surface area contributed by atoms with Gasteiger partial charge in [0, 0.05) is 37.1 Å². The van der Waals surface area contributed by atoms with Gasteiger partial charge < -0.3 is 19.5 Å². The molecule has 1 amide bonds. The van der Waals surface area contributed by atoms with Gasteiger partial charge in [-0.15, -0.1) is 0 Å². The lowest BCUT2D eigenvalue weighted by Crippen LogP contribution is -2.29. The Morgan fingerprint density at radius 2 is 1.73 bits per heavy atom. The minimum absolute atomic E-state index is 0.0396. The number of hydrogen-bond donors (Lipinski definition) is 1. The third kappa shape index (κ3) is 5.98. The molecule has 3 aromatic rings. The SMILES string of the molecule is CCCOc1cccc(N2C(=O)C(=O)/C(=C(/O)c3ccc(OCC(C)C)c(C)c3)C2c2ccc(N(C)C)cc2)c1. The van der Waals surface area contributed by atoms with Gasteiger partial charge in [-0.1, -0.05) is 39.0 Å². The third-order valence-electron chi connectivity index (χ3n) is 6.76. The van der Waals surface area contributed by atoms with Crippen LogP contribution in [0.25, 0.3) is 5.76 Å². The van der Waals surface area contributed by atoms with Crippen molar-refractivity contribution in [2.24, 2.45) is 5.92 Å². The summed E-state index contributed by atoms with van der Waals surface area (Å²) in [6, 6.07) is 19.3. The average Bonchev–Trinajstić information content (AvgIpc) is 3.20. The average molecular weight is 543 g/mol. The Morgan fingerprint density at radius 3 is 2.35 bits per heavy atom. The first-order valence-corrected chi connectivity index (χ1v) is 13.7. The van der Waals surface area contributed by atoms with Gasteiger partial charge in [-0.25, -0.2) is 0 Å². The Balaban J connectivity index is 1.84. The summed E-state index contributed by atoms with van der Waals surface area (Å²) in [5.74, 6) is 0.0231. The van der Waals surface area contributed by atoms with Crippen LogP contribution in [-0.4, -0.2) is 44.1 Å². The summed E-state index contributed by atoms with van der Waals surface area (Å²) < 4.78 is 11.7. The van der Waals surface area contributed by atoms with Crippen LogP contribution in [0.1, 0.15) is 49.9 Å².